The number of carbonyl (C=O) groups excluding carboxylic acids is 2. The van der Waals surface area contributed by atoms with E-state index in [0.717, 1.165) is 17.3 Å². The molecule has 1 heterocycles. The summed E-state index contributed by atoms with van der Waals surface area (Å²) in [6.45, 7) is 2.08. The molecule has 0 aliphatic heterocycles. The molecule has 0 fully saturated rings. The molecule has 5 N–H and O–H groups in total. The second kappa shape index (κ2) is 6.45. The van der Waals surface area contributed by atoms with Crippen molar-refractivity contribution >= 4 is 28.4 Å². The van der Waals surface area contributed by atoms with Crippen LogP contribution in [-0.4, -0.2) is 16.8 Å². The maximum atomic E-state index is 12.2. The van der Waals surface area contributed by atoms with Crippen molar-refractivity contribution in [1.82, 2.24) is 15.8 Å². The van der Waals surface area contributed by atoms with Gasteiger partial charge in [-0.3, -0.25) is 20.4 Å². The first-order chi connectivity index (χ1) is 11.6. The largest absolute Gasteiger partial charge is 0.398 e. The Kier molecular flexibility index (Phi) is 4.20. The molecular formula is C18H18N4O2. The molecule has 3 rings (SSSR count). The number of nitrogens with two attached hydrogens (primary N) is 1. The number of anilines is 1. The summed E-state index contributed by atoms with van der Waals surface area (Å²) in [6.07, 6.45) is 0.928. The van der Waals surface area contributed by atoms with E-state index in [1.807, 2.05) is 18.2 Å². The third-order valence-corrected chi connectivity index (χ3v) is 3.83. The summed E-state index contributed by atoms with van der Waals surface area (Å²) in [7, 11) is 0. The standard InChI is InChI=1S/C18H18N4O2/c1-2-11-7-8-15-12(9-11)10-16(20-15)18(24)22-21-17(23)13-5-3-4-6-14(13)19/h3-10,20H,2,19H2,1H3,(H,21,23)(H,22,24). The van der Waals surface area contributed by atoms with E-state index in [0.29, 0.717) is 16.9 Å². The molecule has 0 saturated heterocycles. The number of hydrazine groups is 1. The Morgan fingerprint density at radius 3 is 2.54 bits per heavy atom. The van der Waals surface area contributed by atoms with E-state index in [1.54, 1.807) is 30.3 Å². The van der Waals surface area contributed by atoms with E-state index < -0.39 is 11.8 Å². The summed E-state index contributed by atoms with van der Waals surface area (Å²) in [5, 5.41) is 0.957. The molecule has 1 aromatic heterocycles. The third-order valence-electron chi connectivity index (χ3n) is 3.83. The predicted octanol–water partition coefficient (Wildman–Crippen LogP) is 2.39. The van der Waals surface area contributed by atoms with Gasteiger partial charge in [-0.1, -0.05) is 25.1 Å². The van der Waals surface area contributed by atoms with Crippen molar-refractivity contribution in [3.05, 3.63) is 65.4 Å². The molecule has 2 amide bonds. The number of carbonyl (C=O) groups is 2. The van der Waals surface area contributed by atoms with Crippen molar-refractivity contribution in [2.45, 2.75) is 13.3 Å². The monoisotopic (exact) mass is 322 g/mol. The van der Waals surface area contributed by atoms with Gasteiger partial charge in [-0.25, -0.2) is 0 Å². The summed E-state index contributed by atoms with van der Waals surface area (Å²) in [4.78, 5) is 27.3. The number of nitrogen functional groups attached to an aromatic ring is 1. The first-order valence-electron chi connectivity index (χ1n) is 7.65. The smallest absolute Gasteiger partial charge is 0.286 e. The molecule has 24 heavy (non-hydrogen) atoms. The Morgan fingerprint density at radius 2 is 1.79 bits per heavy atom. The van der Waals surface area contributed by atoms with Crippen molar-refractivity contribution in [3.63, 3.8) is 0 Å². The molecule has 0 saturated carbocycles. The molecule has 0 radical (unpaired) electrons. The van der Waals surface area contributed by atoms with E-state index >= 15 is 0 Å². The average Bonchev–Trinajstić information content (AvgIpc) is 3.02. The number of amides is 2. The number of fused-ring (bicyclic) bond motifs is 1. The highest BCUT2D eigenvalue weighted by Crippen LogP contribution is 2.17. The number of aromatic nitrogens is 1. The van der Waals surface area contributed by atoms with Crippen LogP contribution < -0.4 is 16.6 Å². The number of aryl methyl sites for hydroxylation is 1. The van der Waals surface area contributed by atoms with Crippen LogP contribution in [0.3, 0.4) is 0 Å². The molecular weight excluding hydrogens is 304 g/mol. The Balaban J connectivity index is 1.71. The van der Waals surface area contributed by atoms with E-state index in [9.17, 15) is 9.59 Å². The summed E-state index contributed by atoms with van der Waals surface area (Å²) < 4.78 is 0. The van der Waals surface area contributed by atoms with Crippen molar-refractivity contribution < 1.29 is 9.59 Å². The van der Waals surface area contributed by atoms with Gasteiger partial charge in [-0.15, -0.1) is 0 Å². The van der Waals surface area contributed by atoms with E-state index in [4.69, 9.17) is 5.73 Å². The zero-order chi connectivity index (χ0) is 17.1. The number of para-hydroxylation sites is 1. The number of hydrogen-bond donors (Lipinski definition) is 4. The minimum Gasteiger partial charge on any atom is -0.398 e. The summed E-state index contributed by atoms with van der Waals surface area (Å²) in [6, 6.07) is 14.4. The number of rotatable bonds is 3. The molecule has 2 aromatic carbocycles. The molecule has 0 unspecified atom stereocenters. The molecule has 0 spiro atoms. The lowest BCUT2D eigenvalue weighted by Gasteiger charge is -2.08. The zero-order valence-corrected chi connectivity index (χ0v) is 13.2. The SMILES string of the molecule is CCc1ccc2[nH]c(C(=O)NNC(=O)c3ccccc3N)cc2c1. The fourth-order valence-corrected chi connectivity index (χ4v) is 2.48. The molecule has 0 bridgehead atoms. The van der Waals surface area contributed by atoms with Crippen LogP contribution in [0.5, 0.6) is 0 Å². The predicted molar refractivity (Wildman–Crippen MR) is 93.5 cm³/mol. The van der Waals surface area contributed by atoms with Crippen LogP contribution >= 0.6 is 0 Å². The fraction of sp³-hybridized carbons (Fsp3) is 0.111. The third kappa shape index (κ3) is 3.08. The maximum Gasteiger partial charge on any atom is 0.286 e. The number of nitrogens with one attached hydrogen (secondary N) is 3. The Labute approximate surface area is 139 Å². The zero-order valence-electron chi connectivity index (χ0n) is 13.2. The van der Waals surface area contributed by atoms with Crippen LogP contribution in [0.25, 0.3) is 10.9 Å². The topological polar surface area (TPSA) is 100 Å². The highest BCUT2D eigenvalue weighted by molar-refractivity contribution is 6.02. The van der Waals surface area contributed by atoms with Gasteiger partial charge in [0.2, 0.25) is 0 Å². The van der Waals surface area contributed by atoms with Gasteiger partial charge < -0.3 is 10.7 Å². The first kappa shape index (κ1) is 15.6. The number of aromatic amines is 1. The van der Waals surface area contributed by atoms with Crippen molar-refractivity contribution in [2.24, 2.45) is 0 Å². The van der Waals surface area contributed by atoms with Crippen LogP contribution in [0.15, 0.2) is 48.5 Å². The molecule has 6 nitrogen and oxygen atoms in total. The molecule has 122 valence electrons. The van der Waals surface area contributed by atoms with E-state index in [2.05, 4.69) is 22.8 Å². The van der Waals surface area contributed by atoms with Crippen LogP contribution in [0.1, 0.15) is 33.3 Å². The lowest BCUT2D eigenvalue weighted by molar-refractivity contribution is 0.0845. The van der Waals surface area contributed by atoms with Gasteiger partial charge in [-0.05, 0) is 42.3 Å². The van der Waals surface area contributed by atoms with Crippen LogP contribution in [0, 0.1) is 0 Å². The maximum absolute atomic E-state index is 12.2. The number of benzene rings is 2. The second-order valence-electron chi connectivity index (χ2n) is 5.45. The molecule has 0 aliphatic rings. The van der Waals surface area contributed by atoms with Gasteiger partial charge in [0.15, 0.2) is 0 Å². The van der Waals surface area contributed by atoms with Gasteiger partial charge in [0.05, 0.1) is 5.56 Å². The van der Waals surface area contributed by atoms with E-state index in [1.165, 1.54) is 5.56 Å². The van der Waals surface area contributed by atoms with Gasteiger partial charge in [-0.2, -0.15) is 0 Å². The van der Waals surface area contributed by atoms with E-state index in [-0.39, 0.29) is 0 Å². The van der Waals surface area contributed by atoms with Crippen LogP contribution in [-0.2, 0) is 6.42 Å². The Bertz CT molecular complexity index is 914. The minimum absolute atomic E-state index is 0.307. The first-order valence-corrected chi connectivity index (χ1v) is 7.65. The molecule has 0 aliphatic carbocycles. The normalized spacial score (nSPS) is 10.5. The summed E-state index contributed by atoms with van der Waals surface area (Å²) in [5.41, 5.74) is 13.6. The fourth-order valence-electron chi connectivity index (χ4n) is 2.48. The highest BCUT2D eigenvalue weighted by atomic mass is 16.2. The van der Waals surface area contributed by atoms with Crippen molar-refractivity contribution in [1.29, 1.82) is 0 Å². The van der Waals surface area contributed by atoms with Crippen molar-refractivity contribution in [3.8, 4) is 0 Å². The van der Waals surface area contributed by atoms with Crippen molar-refractivity contribution in [2.75, 3.05) is 5.73 Å². The number of H-pyrrole nitrogens is 1. The van der Waals surface area contributed by atoms with Gasteiger partial charge in [0.25, 0.3) is 11.8 Å². The Hall–Kier alpha value is -3.28. The minimum atomic E-state index is -0.467. The molecule has 6 heteroatoms. The lowest BCUT2D eigenvalue weighted by Crippen LogP contribution is -2.42. The lowest BCUT2D eigenvalue weighted by atomic mass is 10.1. The average molecular weight is 322 g/mol. The van der Waals surface area contributed by atoms with Gasteiger partial charge in [0.1, 0.15) is 5.69 Å². The summed E-state index contributed by atoms with van der Waals surface area (Å²) >= 11 is 0. The number of hydrogen-bond acceptors (Lipinski definition) is 3. The van der Waals surface area contributed by atoms with Crippen LogP contribution in [0.2, 0.25) is 0 Å². The van der Waals surface area contributed by atoms with Gasteiger partial charge in [0, 0.05) is 16.6 Å². The second-order valence-corrected chi connectivity index (χ2v) is 5.45. The molecule has 3 aromatic rings. The van der Waals surface area contributed by atoms with Crippen LogP contribution in [0.4, 0.5) is 5.69 Å². The van der Waals surface area contributed by atoms with Gasteiger partial charge >= 0.3 is 0 Å². The molecule has 0 atom stereocenters. The highest BCUT2D eigenvalue weighted by Gasteiger charge is 2.13. The Morgan fingerprint density at radius 1 is 1.04 bits per heavy atom. The quantitative estimate of drug-likeness (QED) is 0.440. The summed E-state index contributed by atoms with van der Waals surface area (Å²) in [5.74, 6) is -0.891.